The van der Waals surface area contributed by atoms with Crippen molar-refractivity contribution in [2.75, 3.05) is 7.11 Å². The minimum Gasteiger partial charge on any atom is -0.494 e. The maximum absolute atomic E-state index is 11.9. The summed E-state index contributed by atoms with van der Waals surface area (Å²) >= 11 is 0. The number of aromatic nitrogens is 3. The first-order valence-corrected chi connectivity index (χ1v) is 13.7. The molecule has 0 aliphatic carbocycles. The Morgan fingerprint density at radius 1 is 0.900 bits per heavy atom. The summed E-state index contributed by atoms with van der Waals surface area (Å²) in [6.45, 7) is 1.42. The fourth-order valence-corrected chi connectivity index (χ4v) is 6.12. The van der Waals surface area contributed by atoms with E-state index in [1.54, 1.807) is 19.2 Å². The minimum absolute atomic E-state index is 0.158. The smallest absolute Gasteiger partial charge is 0.335 e. The number of nitrogens with zero attached hydrogens (tertiary/aromatic N) is 3. The zero-order valence-corrected chi connectivity index (χ0v) is 22.3. The molecule has 6 aromatic rings. The summed E-state index contributed by atoms with van der Waals surface area (Å²) in [4.78, 5) is 17.0. The molecule has 0 atom stereocenters. The van der Waals surface area contributed by atoms with Gasteiger partial charge < -0.3 is 19.0 Å². The van der Waals surface area contributed by atoms with Crippen LogP contribution in [0.15, 0.2) is 91.0 Å². The standard InChI is InChI=1S/C34H29N3O3/c1-40-31-20-26(34(38)39)18-28-32(31)37-21-22-9-8-13-24(17-22)27-14-4-2-10-23(27)11-6-7-16-36-29-15-5-3-12-25(29)19-30(36)33(37)35-28/h2-5,8-10,12-15,17-20H,6-7,11,16,21H2,1H3,(H,38,39). The summed E-state index contributed by atoms with van der Waals surface area (Å²) in [5.74, 6) is 0.295. The minimum atomic E-state index is -1.00. The van der Waals surface area contributed by atoms with Crippen LogP contribution in [-0.2, 0) is 19.5 Å². The Balaban J connectivity index is 1.53. The highest BCUT2D eigenvalue weighted by atomic mass is 16.5. The van der Waals surface area contributed by atoms with Crippen molar-refractivity contribution in [2.24, 2.45) is 0 Å². The molecular formula is C34H29N3O3. The summed E-state index contributed by atoms with van der Waals surface area (Å²) in [6.07, 6.45) is 3.10. The third-order valence-corrected chi connectivity index (χ3v) is 7.99. The van der Waals surface area contributed by atoms with Gasteiger partial charge in [0.05, 0.1) is 23.9 Å². The average molecular weight is 528 g/mol. The molecule has 40 heavy (non-hydrogen) atoms. The zero-order chi connectivity index (χ0) is 27.2. The Bertz CT molecular complexity index is 1910. The Morgan fingerprint density at radius 2 is 1.75 bits per heavy atom. The van der Waals surface area contributed by atoms with Gasteiger partial charge in [0, 0.05) is 24.0 Å². The number of fused-ring (bicyclic) bond motifs is 11. The van der Waals surface area contributed by atoms with Gasteiger partial charge in [-0.15, -0.1) is 0 Å². The molecule has 2 aromatic heterocycles. The number of hydrogen-bond donors (Lipinski definition) is 1. The number of ether oxygens (including phenoxy) is 1. The van der Waals surface area contributed by atoms with Gasteiger partial charge in [-0.2, -0.15) is 0 Å². The van der Waals surface area contributed by atoms with Crippen LogP contribution in [-0.4, -0.2) is 32.3 Å². The van der Waals surface area contributed by atoms with Gasteiger partial charge in [0.25, 0.3) is 0 Å². The molecule has 198 valence electrons. The molecule has 4 aromatic carbocycles. The van der Waals surface area contributed by atoms with Crippen LogP contribution >= 0.6 is 0 Å². The number of aromatic carboxylic acids is 1. The molecule has 6 heteroatoms. The number of carboxylic acids is 1. The van der Waals surface area contributed by atoms with Gasteiger partial charge in [0.1, 0.15) is 11.3 Å². The Labute approximate surface area is 232 Å². The van der Waals surface area contributed by atoms with Crippen molar-refractivity contribution >= 4 is 27.9 Å². The number of imidazole rings is 1. The van der Waals surface area contributed by atoms with Crippen molar-refractivity contribution in [3.05, 3.63) is 108 Å². The topological polar surface area (TPSA) is 69.3 Å². The lowest BCUT2D eigenvalue weighted by atomic mass is 9.95. The Hall–Kier alpha value is -4.84. The highest BCUT2D eigenvalue weighted by molar-refractivity contribution is 5.97. The van der Waals surface area contributed by atoms with Gasteiger partial charge in [0.15, 0.2) is 5.82 Å². The van der Waals surface area contributed by atoms with E-state index in [-0.39, 0.29) is 5.56 Å². The van der Waals surface area contributed by atoms with E-state index in [1.807, 2.05) is 0 Å². The van der Waals surface area contributed by atoms with E-state index in [2.05, 4.69) is 88.0 Å². The van der Waals surface area contributed by atoms with E-state index in [1.165, 1.54) is 22.2 Å². The van der Waals surface area contributed by atoms with Crippen molar-refractivity contribution in [1.82, 2.24) is 14.1 Å². The number of benzene rings is 4. The second-order valence-electron chi connectivity index (χ2n) is 10.4. The quantitative estimate of drug-likeness (QED) is 0.254. The van der Waals surface area contributed by atoms with Crippen molar-refractivity contribution in [1.29, 1.82) is 0 Å². The normalized spacial score (nSPS) is 13.3. The number of carbonyl (C=O) groups is 1. The number of methoxy groups -OCH3 is 1. The monoisotopic (exact) mass is 527 g/mol. The van der Waals surface area contributed by atoms with Gasteiger partial charge in [-0.3, -0.25) is 0 Å². The van der Waals surface area contributed by atoms with Gasteiger partial charge in [-0.25, -0.2) is 9.78 Å². The summed E-state index contributed by atoms with van der Waals surface area (Å²) in [7, 11) is 1.58. The van der Waals surface area contributed by atoms with Crippen LogP contribution in [0.3, 0.4) is 0 Å². The first-order chi connectivity index (χ1) is 19.6. The molecule has 3 heterocycles. The molecule has 1 aliphatic rings. The van der Waals surface area contributed by atoms with Gasteiger partial charge in [-0.1, -0.05) is 60.7 Å². The van der Waals surface area contributed by atoms with E-state index in [0.29, 0.717) is 17.8 Å². The Morgan fingerprint density at radius 3 is 2.62 bits per heavy atom. The van der Waals surface area contributed by atoms with Crippen LogP contribution in [0.2, 0.25) is 0 Å². The van der Waals surface area contributed by atoms with Crippen molar-refractivity contribution in [3.63, 3.8) is 0 Å². The maximum Gasteiger partial charge on any atom is 0.335 e. The SMILES string of the molecule is COc1cc(C(=O)O)cc2nc3n(c12)Cc1cccc(c1)-c1ccccc1CCCCn1c-3cc2ccccc21. The van der Waals surface area contributed by atoms with Gasteiger partial charge >= 0.3 is 5.97 Å². The first kappa shape index (κ1) is 24.2. The van der Waals surface area contributed by atoms with Crippen LogP contribution in [0.4, 0.5) is 0 Å². The highest BCUT2D eigenvalue weighted by Gasteiger charge is 2.23. The van der Waals surface area contributed by atoms with Crippen LogP contribution in [0, 0.1) is 0 Å². The molecule has 0 fully saturated rings. The molecule has 0 radical (unpaired) electrons. The molecule has 0 spiro atoms. The van der Waals surface area contributed by atoms with E-state index < -0.39 is 5.97 Å². The third kappa shape index (κ3) is 4.04. The van der Waals surface area contributed by atoms with Crippen molar-refractivity contribution < 1.29 is 14.6 Å². The fraction of sp³-hybridized carbons (Fsp3) is 0.176. The number of aryl methyl sites for hydroxylation is 2. The number of para-hydroxylation sites is 1. The lowest BCUT2D eigenvalue weighted by Crippen LogP contribution is -2.08. The summed E-state index contributed by atoms with van der Waals surface area (Å²) in [6, 6.07) is 31.3. The largest absolute Gasteiger partial charge is 0.494 e. The fourth-order valence-electron chi connectivity index (χ4n) is 6.12. The maximum atomic E-state index is 11.9. The second kappa shape index (κ2) is 9.72. The van der Waals surface area contributed by atoms with Crippen LogP contribution < -0.4 is 4.74 Å². The summed E-state index contributed by atoms with van der Waals surface area (Å²) in [5.41, 5.74) is 8.71. The molecular weight excluding hydrogens is 498 g/mol. The molecule has 1 aliphatic heterocycles. The molecule has 7 rings (SSSR count). The number of carboxylic acid groups (broad SMARTS) is 1. The van der Waals surface area contributed by atoms with Gasteiger partial charge in [0.2, 0.25) is 0 Å². The lowest BCUT2D eigenvalue weighted by Gasteiger charge is -2.17. The van der Waals surface area contributed by atoms with E-state index in [0.717, 1.165) is 53.8 Å². The Kier molecular flexibility index (Phi) is 5.89. The van der Waals surface area contributed by atoms with Crippen LogP contribution in [0.25, 0.3) is 44.6 Å². The molecule has 1 N–H and O–H groups in total. The highest BCUT2D eigenvalue weighted by Crippen LogP contribution is 2.36. The first-order valence-electron chi connectivity index (χ1n) is 13.7. The second-order valence-corrected chi connectivity index (χ2v) is 10.4. The molecule has 0 saturated heterocycles. The third-order valence-electron chi connectivity index (χ3n) is 7.99. The molecule has 0 unspecified atom stereocenters. The van der Waals surface area contributed by atoms with Crippen LogP contribution in [0.5, 0.6) is 5.75 Å². The molecule has 6 nitrogen and oxygen atoms in total. The zero-order valence-electron chi connectivity index (χ0n) is 22.3. The van der Waals surface area contributed by atoms with Crippen molar-refractivity contribution in [2.45, 2.75) is 32.4 Å². The number of rotatable bonds is 2. The summed E-state index contributed by atoms with van der Waals surface area (Å²) < 4.78 is 10.3. The predicted molar refractivity (Wildman–Crippen MR) is 158 cm³/mol. The molecule has 0 amide bonds. The van der Waals surface area contributed by atoms with Gasteiger partial charge in [-0.05, 0) is 71.8 Å². The molecule has 2 bridgehead atoms. The van der Waals surface area contributed by atoms with Crippen molar-refractivity contribution in [3.8, 4) is 28.4 Å². The number of hydrogen-bond acceptors (Lipinski definition) is 3. The summed E-state index contributed by atoms with van der Waals surface area (Å²) in [5, 5.41) is 10.9. The lowest BCUT2D eigenvalue weighted by molar-refractivity contribution is 0.0696. The van der Waals surface area contributed by atoms with E-state index >= 15 is 0 Å². The average Bonchev–Trinajstić information content (AvgIpc) is 3.52. The molecule has 0 saturated carbocycles. The van der Waals surface area contributed by atoms with Crippen LogP contribution in [0.1, 0.15) is 34.3 Å². The van der Waals surface area contributed by atoms with E-state index in [9.17, 15) is 9.90 Å². The van der Waals surface area contributed by atoms with E-state index in [4.69, 9.17) is 9.72 Å². The predicted octanol–water partition coefficient (Wildman–Crippen LogP) is 7.42.